The van der Waals surface area contributed by atoms with Crippen molar-refractivity contribution in [3.05, 3.63) is 24.4 Å². The van der Waals surface area contributed by atoms with Gasteiger partial charge in [-0.15, -0.1) is 6.58 Å². The zero-order valence-corrected chi connectivity index (χ0v) is 7.44. The summed E-state index contributed by atoms with van der Waals surface area (Å²) in [5.41, 5.74) is 5.77. The molecule has 0 spiro atoms. The van der Waals surface area contributed by atoms with Crippen molar-refractivity contribution in [1.29, 1.82) is 0 Å². The molecule has 1 aromatic heterocycles. The van der Waals surface area contributed by atoms with Gasteiger partial charge in [-0.3, -0.25) is 0 Å². The molecule has 0 aromatic carbocycles. The second-order valence-electron chi connectivity index (χ2n) is 3.40. The maximum absolute atomic E-state index is 5.77. The first kappa shape index (κ1) is 8.44. The standard InChI is InChI=1S/C9H13N3O/c1-2-3-7(10)9-11-8(12-13-9)6-4-5-6/h2,6-7H,1,3-5,10H2. The Morgan fingerprint density at radius 1 is 1.69 bits per heavy atom. The molecule has 0 amide bonds. The van der Waals surface area contributed by atoms with Gasteiger partial charge >= 0.3 is 0 Å². The molecule has 1 unspecified atom stereocenters. The smallest absolute Gasteiger partial charge is 0.243 e. The average molecular weight is 179 g/mol. The van der Waals surface area contributed by atoms with E-state index in [-0.39, 0.29) is 6.04 Å². The highest BCUT2D eigenvalue weighted by molar-refractivity contribution is 5.05. The Kier molecular flexibility index (Phi) is 2.14. The fourth-order valence-electron chi connectivity index (χ4n) is 1.19. The van der Waals surface area contributed by atoms with Gasteiger partial charge in [-0.2, -0.15) is 4.98 Å². The number of hydrogen-bond donors (Lipinski definition) is 1. The molecule has 1 aliphatic rings. The van der Waals surface area contributed by atoms with Crippen LogP contribution in [0.15, 0.2) is 17.2 Å². The summed E-state index contributed by atoms with van der Waals surface area (Å²) < 4.78 is 5.05. The van der Waals surface area contributed by atoms with Crippen LogP contribution in [0.2, 0.25) is 0 Å². The Morgan fingerprint density at radius 3 is 3.08 bits per heavy atom. The summed E-state index contributed by atoms with van der Waals surface area (Å²) in [5, 5.41) is 3.88. The predicted molar refractivity (Wildman–Crippen MR) is 48.0 cm³/mol. The second kappa shape index (κ2) is 3.30. The lowest BCUT2D eigenvalue weighted by Crippen LogP contribution is -2.09. The van der Waals surface area contributed by atoms with Crippen LogP contribution >= 0.6 is 0 Å². The highest BCUT2D eigenvalue weighted by Gasteiger charge is 2.29. The van der Waals surface area contributed by atoms with E-state index in [0.717, 1.165) is 5.82 Å². The third-order valence-corrected chi connectivity index (χ3v) is 2.14. The molecule has 1 heterocycles. The molecule has 70 valence electrons. The molecule has 1 atom stereocenters. The van der Waals surface area contributed by atoms with E-state index < -0.39 is 0 Å². The molecule has 4 nitrogen and oxygen atoms in total. The first-order valence-electron chi connectivity index (χ1n) is 4.51. The molecule has 1 saturated carbocycles. The maximum atomic E-state index is 5.77. The van der Waals surface area contributed by atoms with Gasteiger partial charge in [0.2, 0.25) is 5.89 Å². The van der Waals surface area contributed by atoms with Crippen molar-refractivity contribution < 1.29 is 4.52 Å². The van der Waals surface area contributed by atoms with E-state index in [2.05, 4.69) is 16.7 Å². The van der Waals surface area contributed by atoms with Crippen LogP contribution in [-0.4, -0.2) is 10.1 Å². The summed E-state index contributed by atoms with van der Waals surface area (Å²) >= 11 is 0. The average Bonchev–Trinajstić information content (AvgIpc) is 2.84. The first-order valence-corrected chi connectivity index (χ1v) is 4.51. The van der Waals surface area contributed by atoms with Gasteiger partial charge in [-0.25, -0.2) is 0 Å². The summed E-state index contributed by atoms with van der Waals surface area (Å²) in [5.74, 6) is 1.87. The lowest BCUT2D eigenvalue weighted by molar-refractivity contribution is 0.351. The Bertz CT molecular complexity index is 304. The SMILES string of the molecule is C=CCC(N)c1nc(C2CC2)no1. The second-order valence-corrected chi connectivity index (χ2v) is 3.40. The number of nitrogens with two attached hydrogens (primary N) is 1. The van der Waals surface area contributed by atoms with Gasteiger partial charge in [0.15, 0.2) is 5.82 Å². The van der Waals surface area contributed by atoms with E-state index in [1.165, 1.54) is 12.8 Å². The van der Waals surface area contributed by atoms with Crippen molar-refractivity contribution in [3.8, 4) is 0 Å². The molecule has 13 heavy (non-hydrogen) atoms. The molecule has 2 N–H and O–H groups in total. The summed E-state index contributed by atoms with van der Waals surface area (Å²) in [7, 11) is 0. The molecule has 1 fully saturated rings. The van der Waals surface area contributed by atoms with Crippen LogP contribution in [0.5, 0.6) is 0 Å². The summed E-state index contributed by atoms with van der Waals surface area (Å²) in [4.78, 5) is 4.24. The maximum Gasteiger partial charge on any atom is 0.243 e. The van der Waals surface area contributed by atoms with Crippen molar-refractivity contribution in [2.45, 2.75) is 31.2 Å². The van der Waals surface area contributed by atoms with Gasteiger partial charge < -0.3 is 10.3 Å². The topological polar surface area (TPSA) is 64.9 Å². The lowest BCUT2D eigenvalue weighted by Gasteiger charge is -1.99. The van der Waals surface area contributed by atoms with Gasteiger partial charge in [0.1, 0.15) is 0 Å². The minimum atomic E-state index is -0.197. The highest BCUT2D eigenvalue weighted by atomic mass is 16.5. The minimum absolute atomic E-state index is 0.197. The molecule has 1 aliphatic carbocycles. The van der Waals surface area contributed by atoms with E-state index in [1.807, 2.05) is 0 Å². The van der Waals surface area contributed by atoms with Crippen molar-refractivity contribution in [2.24, 2.45) is 5.73 Å². The highest BCUT2D eigenvalue weighted by Crippen LogP contribution is 2.38. The van der Waals surface area contributed by atoms with Crippen molar-refractivity contribution in [3.63, 3.8) is 0 Å². The van der Waals surface area contributed by atoms with Crippen LogP contribution in [0.4, 0.5) is 0 Å². The summed E-state index contributed by atoms with van der Waals surface area (Å²) in [6.45, 7) is 3.61. The third kappa shape index (κ3) is 1.78. The van der Waals surface area contributed by atoms with Crippen molar-refractivity contribution in [1.82, 2.24) is 10.1 Å². The molecule has 0 aliphatic heterocycles. The van der Waals surface area contributed by atoms with Gasteiger partial charge in [-0.05, 0) is 19.3 Å². The quantitative estimate of drug-likeness (QED) is 0.712. The van der Waals surface area contributed by atoms with Crippen molar-refractivity contribution >= 4 is 0 Å². The Hall–Kier alpha value is -1.16. The zero-order valence-electron chi connectivity index (χ0n) is 7.44. The van der Waals surface area contributed by atoms with Gasteiger partial charge in [0.05, 0.1) is 6.04 Å². The van der Waals surface area contributed by atoms with Crippen LogP contribution in [0, 0.1) is 0 Å². The summed E-state index contributed by atoms with van der Waals surface area (Å²) in [6, 6.07) is -0.197. The molecule has 0 radical (unpaired) electrons. The normalized spacial score (nSPS) is 18.5. The van der Waals surface area contributed by atoms with E-state index in [4.69, 9.17) is 10.3 Å². The molecule has 4 heteroatoms. The Labute approximate surface area is 76.8 Å². The van der Waals surface area contributed by atoms with Crippen LogP contribution < -0.4 is 5.73 Å². The Morgan fingerprint density at radius 2 is 2.46 bits per heavy atom. The number of aromatic nitrogens is 2. The van der Waals surface area contributed by atoms with Crippen LogP contribution in [0.3, 0.4) is 0 Å². The van der Waals surface area contributed by atoms with Crippen LogP contribution in [-0.2, 0) is 0 Å². The van der Waals surface area contributed by atoms with Gasteiger partial charge in [0.25, 0.3) is 0 Å². The van der Waals surface area contributed by atoms with Crippen molar-refractivity contribution in [2.75, 3.05) is 0 Å². The molecule has 1 aromatic rings. The number of nitrogens with zero attached hydrogens (tertiary/aromatic N) is 2. The molecule has 0 saturated heterocycles. The van der Waals surface area contributed by atoms with E-state index in [1.54, 1.807) is 6.08 Å². The fraction of sp³-hybridized carbons (Fsp3) is 0.556. The minimum Gasteiger partial charge on any atom is -0.338 e. The van der Waals surface area contributed by atoms with E-state index >= 15 is 0 Å². The van der Waals surface area contributed by atoms with Gasteiger partial charge in [0, 0.05) is 5.92 Å². The number of hydrogen-bond acceptors (Lipinski definition) is 4. The molecular weight excluding hydrogens is 166 g/mol. The molecule has 0 bridgehead atoms. The summed E-state index contributed by atoms with van der Waals surface area (Å²) in [6.07, 6.45) is 4.78. The zero-order chi connectivity index (χ0) is 9.26. The molecular formula is C9H13N3O. The Balaban J connectivity index is 2.07. The first-order chi connectivity index (χ1) is 6.31. The van der Waals surface area contributed by atoms with E-state index in [9.17, 15) is 0 Å². The third-order valence-electron chi connectivity index (χ3n) is 2.14. The van der Waals surface area contributed by atoms with Crippen LogP contribution in [0.1, 0.15) is 42.9 Å². The largest absolute Gasteiger partial charge is 0.338 e. The van der Waals surface area contributed by atoms with E-state index in [0.29, 0.717) is 18.2 Å². The monoisotopic (exact) mass is 179 g/mol. The predicted octanol–water partition coefficient (Wildman–Crippen LogP) is 1.52. The number of rotatable bonds is 4. The van der Waals surface area contributed by atoms with Gasteiger partial charge in [-0.1, -0.05) is 11.2 Å². The molecule has 2 rings (SSSR count). The lowest BCUT2D eigenvalue weighted by atomic mass is 10.2. The fourth-order valence-corrected chi connectivity index (χ4v) is 1.19. The van der Waals surface area contributed by atoms with Crippen LogP contribution in [0.25, 0.3) is 0 Å².